The molecule has 0 saturated carbocycles. The van der Waals surface area contributed by atoms with Gasteiger partial charge in [-0.05, 0) is 0 Å². The van der Waals surface area contributed by atoms with Crippen molar-refractivity contribution in [2.24, 2.45) is 0 Å². The number of carboxylic acid groups (broad SMARTS) is 1. The lowest BCUT2D eigenvalue weighted by Crippen LogP contribution is -2.38. The van der Waals surface area contributed by atoms with Gasteiger partial charge in [-0.15, -0.1) is 13.2 Å². The SMILES string of the molecule is C=C(C(=O)O)C(F)(F)CC(F)(F)OC(F)(F)F. The number of hydrogen-bond donors (Lipinski definition) is 1. The Bertz CT molecular complexity index is 320. The van der Waals surface area contributed by atoms with Gasteiger partial charge in [-0.25, -0.2) is 18.3 Å². The summed E-state index contributed by atoms with van der Waals surface area (Å²) in [6.45, 7) is 2.29. The van der Waals surface area contributed by atoms with Crippen molar-refractivity contribution in [2.45, 2.75) is 24.8 Å². The monoisotopic (exact) mass is 270 g/mol. The predicted octanol–water partition coefficient (Wildman–Crippen LogP) is 2.78. The lowest BCUT2D eigenvalue weighted by molar-refractivity contribution is -0.431. The van der Waals surface area contributed by atoms with Gasteiger partial charge in [-0.1, -0.05) is 6.58 Å². The van der Waals surface area contributed by atoms with E-state index in [1.54, 1.807) is 0 Å². The number of carboxylic acids is 1. The van der Waals surface area contributed by atoms with E-state index in [0.717, 1.165) is 0 Å². The summed E-state index contributed by atoms with van der Waals surface area (Å²) in [5.41, 5.74) is -1.96. The average Bonchev–Trinajstić information content (AvgIpc) is 1.94. The summed E-state index contributed by atoms with van der Waals surface area (Å²) in [5, 5.41) is 8.06. The second kappa shape index (κ2) is 4.51. The second-order valence-electron chi connectivity index (χ2n) is 2.85. The molecular formula is C7H5F7O3. The lowest BCUT2D eigenvalue weighted by Gasteiger charge is -2.23. The zero-order chi connectivity index (χ0) is 14.1. The maximum atomic E-state index is 12.7. The number of alkyl halides is 7. The zero-order valence-electron chi connectivity index (χ0n) is 7.82. The molecule has 0 fully saturated rings. The third kappa shape index (κ3) is 5.52. The molecule has 1 N–H and O–H groups in total. The van der Waals surface area contributed by atoms with Gasteiger partial charge in [0, 0.05) is 0 Å². The minimum atomic E-state index is -5.83. The highest BCUT2D eigenvalue weighted by atomic mass is 19.4. The van der Waals surface area contributed by atoms with Crippen molar-refractivity contribution in [1.82, 2.24) is 0 Å². The molecule has 0 aliphatic carbocycles. The molecule has 0 aromatic heterocycles. The number of ether oxygens (including phenoxy) is 1. The van der Waals surface area contributed by atoms with Crippen LogP contribution in [-0.4, -0.2) is 29.5 Å². The molecule has 0 aromatic carbocycles. The standard InChI is InChI=1S/C7H5F7O3/c1-3(4(15)16)5(8,9)2-6(10,11)17-7(12,13)14/h1-2H2,(H,15,16). The molecule has 0 aliphatic rings. The van der Waals surface area contributed by atoms with Crippen LogP contribution in [0.2, 0.25) is 0 Å². The third-order valence-corrected chi connectivity index (χ3v) is 1.39. The molecule has 0 aliphatic heterocycles. The number of hydrogen-bond acceptors (Lipinski definition) is 2. The fourth-order valence-corrected chi connectivity index (χ4v) is 0.727. The number of aliphatic carboxylic acids is 1. The van der Waals surface area contributed by atoms with Gasteiger partial charge < -0.3 is 5.11 Å². The Balaban J connectivity index is 4.82. The van der Waals surface area contributed by atoms with Crippen LogP contribution in [-0.2, 0) is 9.53 Å². The molecule has 3 nitrogen and oxygen atoms in total. The minimum Gasteiger partial charge on any atom is -0.478 e. The van der Waals surface area contributed by atoms with Crippen molar-refractivity contribution in [3.8, 4) is 0 Å². The molecule has 0 heterocycles. The normalized spacial score (nSPS) is 13.6. The summed E-state index contributed by atoms with van der Waals surface area (Å²) in [4.78, 5) is 10.0. The van der Waals surface area contributed by atoms with Crippen LogP contribution in [0.15, 0.2) is 12.2 Å². The van der Waals surface area contributed by atoms with Gasteiger partial charge in [0.15, 0.2) is 0 Å². The second-order valence-corrected chi connectivity index (χ2v) is 2.85. The van der Waals surface area contributed by atoms with Crippen molar-refractivity contribution >= 4 is 5.97 Å². The fraction of sp³-hybridized carbons (Fsp3) is 0.571. The van der Waals surface area contributed by atoms with Crippen molar-refractivity contribution < 1.29 is 45.4 Å². The average molecular weight is 270 g/mol. The molecule has 0 aromatic rings. The summed E-state index contributed by atoms with van der Waals surface area (Å²) in [6.07, 6.45) is -13.9. The van der Waals surface area contributed by atoms with Crippen molar-refractivity contribution in [3.63, 3.8) is 0 Å². The Hall–Kier alpha value is -1.32. The summed E-state index contributed by atoms with van der Waals surface area (Å²) in [5.74, 6) is -7.04. The molecule has 0 radical (unpaired) electrons. The van der Waals surface area contributed by atoms with E-state index >= 15 is 0 Å². The maximum absolute atomic E-state index is 12.7. The molecule has 0 amide bonds. The van der Waals surface area contributed by atoms with E-state index in [9.17, 15) is 35.5 Å². The lowest BCUT2D eigenvalue weighted by atomic mass is 10.1. The highest BCUT2D eigenvalue weighted by Crippen LogP contribution is 2.39. The van der Waals surface area contributed by atoms with Crippen molar-refractivity contribution in [3.05, 3.63) is 12.2 Å². The molecule has 17 heavy (non-hydrogen) atoms. The van der Waals surface area contributed by atoms with Gasteiger partial charge in [-0.3, -0.25) is 0 Å². The molecule has 0 saturated heterocycles. The quantitative estimate of drug-likeness (QED) is 0.617. The van der Waals surface area contributed by atoms with Crippen LogP contribution in [0.25, 0.3) is 0 Å². The van der Waals surface area contributed by atoms with Crippen LogP contribution in [0.4, 0.5) is 30.7 Å². The van der Waals surface area contributed by atoms with E-state index in [1.165, 1.54) is 0 Å². The minimum absolute atomic E-state index is 1.96. The summed E-state index contributed by atoms with van der Waals surface area (Å²) < 4.78 is 86.6. The summed E-state index contributed by atoms with van der Waals surface area (Å²) >= 11 is 0. The topological polar surface area (TPSA) is 46.5 Å². The van der Waals surface area contributed by atoms with Gasteiger partial charge in [0.1, 0.15) is 6.42 Å². The fourth-order valence-electron chi connectivity index (χ4n) is 0.727. The van der Waals surface area contributed by atoms with Crippen LogP contribution >= 0.6 is 0 Å². The first-order valence-electron chi connectivity index (χ1n) is 3.72. The molecule has 0 unspecified atom stereocenters. The first-order valence-corrected chi connectivity index (χ1v) is 3.72. The van der Waals surface area contributed by atoms with Crippen LogP contribution in [0.1, 0.15) is 6.42 Å². The Morgan fingerprint density at radius 1 is 1.12 bits per heavy atom. The summed E-state index contributed by atoms with van der Waals surface area (Å²) in [6, 6.07) is 0. The van der Waals surface area contributed by atoms with E-state index in [4.69, 9.17) is 5.11 Å². The third-order valence-electron chi connectivity index (χ3n) is 1.39. The van der Waals surface area contributed by atoms with Crippen LogP contribution in [0.3, 0.4) is 0 Å². The zero-order valence-corrected chi connectivity index (χ0v) is 7.82. The largest absolute Gasteiger partial charge is 0.527 e. The number of rotatable bonds is 5. The smallest absolute Gasteiger partial charge is 0.478 e. The molecule has 10 heteroatoms. The number of carbonyl (C=O) groups is 1. The highest BCUT2D eigenvalue weighted by Gasteiger charge is 2.53. The Morgan fingerprint density at radius 3 is 1.82 bits per heavy atom. The highest BCUT2D eigenvalue weighted by molar-refractivity contribution is 5.87. The molecule has 0 bridgehead atoms. The van der Waals surface area contributed by atoms with E-state index in [0.29, 0.717) is 0 Å². The Labute approximate surface area is 89.5 Å². The first kappa shape index (κ1) is 15.7. The van der Waals surface area contributed by atoms with E-state index in [-0.39, 0.29) is 0 Å². The van der Waals surface area contributed by atoms with Gasteiger partial charge in [0.25, 0.3) is 5.92 Å². The molecular weight excluding hydrogens is 265 g/mol. The Morgan fingerprint density at radius 2 is 1.53 bits per heavy atom. The predicted molar refractivity (Wildman–Crippen MR) is 38.4 cm³/mol. The van der Waals surface area contributed by atoms with Gasteiger partial charge >= 0.3 is 18.4 Å². The molecule has 100 valence electrons. The molecule has 0 rings (SSSR count). The molecule has 0 atom stereocenters. The number of halogens is 7. The Kier molecular flexibility index (Phi) is 4.16. The summed E-state index contributed by atoms with van der Waals surface area (Å²) in [7, 11) is 0. The van der Waals surface area contributed by atoms with E-state index in [1.807, 2.05) is 0 Å². The van der Waals surface area contributed by atoms with E-state index < -0.39 is 36.4 Å². The molecule has 0 spiro atoms. The van der Waals surface area contributed by atoms with Crippen LogP contribution < -0.4 is 0 Å². The van der Waals surface area contributed by atoms with Gasteiger partial charge in [-0.2, -0.15) is 8.78 Å². The van der Waals surface area contributed by atoms with Gasteiger partial charge in [0.2, 0.25) is 0 Å². The first-order chi connectivity index (χ1) is 7.27. The van der Waals surface area contributed by atoms with Crippen LogP contribution in [0, 0.1) is 0 Å². The van der Waals surface area contributed by atoms with Crippen molar-refractivity contribution in [2.75, 3.05) is 0 Å². The van der Waals surface area contributed by atoms with E-state index in [2.05, 4.69) is 11.3 Å². The van der Waals surface area contributed by atoms with Crippen LogP contribution in [0.5, 0.6) is 0 Å². The maximum Gasteiger partial charge on any atom is 0.527 e. The van der Waals surface area contributed by atoms with Crippen molar-refractivity contribution in [1.29, 1.82) is 0 Å². The van der Waals surface area contributed by atoms with Gasteiger partial charge in [0.05, 0.1) is 5.57 Å².